The summed E-state index contributed by atoms with van der Waals surface area (Å²) in [6.45, 7) is 8.39. The first-order valence-electron chi connectivity index (χ1n) is 8.44. The van der Waals surface area contributed by atoms with Crippen LogP contribution in [0, 0.1) is 0 Å². The third kappa shape index (κ3) is 2.34. The molecule has 1 saturated heterocycles. The molecule has 0 amide bonds. The van der Waals surface area contributed by atoms with Crippen LogP contribution in [0.5, 0.6) is 0 Å². The molecule has 0 spiro atoms. The lowest BCUT2D eigenvalue weighted by Gasteiger charge is -2.32. The Labute approximate surface area is 139 Å². The molecule has 2 aliphatic rings. The predicted molar refractivity (Wildman–Crippen MR) is 95.0 cm³/mol. The summed E-state index contributed by atoms with van der Waals surface area (Å²) in [4.78, 5) is 0. The van der Waals surface area contributed by atoms with Gasteiger partial charge in [-0.1, -0.05) is 42.5 Å². The van der Waals surface area contributed by atoms with Crippen LogP contribution < -0.4 is 5.46 Å². The molecule has 4 rings (SSSR count). The van der Waals surface area contributed by atoms with Crippen molar-refractivity contribution in [1.82, 2.24) is 0 Å². The Hall–Kier alpha value is -1.58. The van der Waals surface area contributed by atoms with Crippen LogP contribution in [0.4, 0.5) is 0 Å². The first-order valence-corrected chi connectivity index (χ1v) is 8.44. The van der Waals surface area contributed by atoms with Gasteiger partial charge in [0.05, 0.1) is 11.2 Å². The minimum absolute atomic E-state index is 0.292. The number of hydrogen-bond acceptors (Lipinski definition) is 2. The molecule has 0 N–H and O–H groups in total. The molecule has 1 aliphatic heterocycles. The van der Waals surface area contributed by atoms with Gasteiger partial charge in [-0.25, -0.2) is 0 Å². The molecule has 0 unspecified atom stereocenters. The van der Waals surface area contributed by atoms with Crippen LogP contribution in [0.3, 0.4) is 0 Å². The van der Waals surface area contributed by atoms with Gasteiger partial charge in [-0.15, -0.1) is 0 Å². The maximum Gasteiger partial charge on any atom is 0.494 e. The molecular weight excluding hydrogens is 283 g/mol. The first-order chi connectivity index (χ1) is 10.9. The van der Waals surface area contributed by atoms with E-state index < -0.39 is 0 Å². The van der Waals surface area contributed by atoms with E-state index in [1.165, 1.54) is 22.3 Å². The van der Waals surface area contributed by atoms with Gasteiger partial charge in [0, 0.05) is 0 Å². The van der Waals surface area contributed by atoms with E-state index in [9.17, 15) is 0 Å². The van der Waals surface area contributed by atoms with Crippen molar-refractivity contribution in [3.05, 3.63) is 53.6 Å². The van der Waals surface area contributed by atoms with Gasteiger partial charge in [0.15, 0.2) is 0 Å². The van der Waals surface area contributed by atoms with Crippen molar-refractivity contribution < 1.29 is 9.31 Å². The highest BCUT2D eigenvalue weighted by Gasteiger charge is 2.51. The highest BCUT2D eigenvalue weighted by atomic mass is 16.7. The maximum absolute atomic E-state index is 6.21. The highest BCUT2D eigenvalue weighted by molar-refractivity contribution is 6.62. The lowest BCUT2D eigenvalue weighted by molar-refractivity contribution is 0.00578. The quantitative estimate of drug-likeness (QED) is 0.747. The molecule has 2 aromatic rings. The maximum atomic E-state index is 6.21. The van der Waals surface area contributed by atoms with Crippen molar-refractivity contribution >= 4 is 12.6 Å². The van der Waals surface area contributed by atoms with E-state index in [1.807, 2.05) is 0 Å². The standard InChI is InChI=1S/C20H23BO2/c1-19(2)20(3,4)23-21(22-19)16-12-11-15-10-9-14-7-5-6-8-17(14)18(15)13-16/h5-8,11-13H,9-10H2,1-4H3. The highest BCUT2D eigenvalue weighted by Crippen LogP contribution is 2.37. The zero-order valence-corrected chi connectivity index (χ0v) is 14.3. The third-order valence-corrected chi connectivity index (χ3v) is 5.63. The number of rotatable bonds is 1. The van der Waals surface area contributed by atoms with Gasteiger partial charge >= 0.3 is 7.12 Å². The Morgan fingerprint density at radius 3 is 2.09 bits per heavy atom. The summed E-state index contributed by atoms with van der Waals surface area (Å²) >= 11 is 0. The Kier molecular flexibility index (Phi) is 3.23. The molecule has 1 heterocycles. The van der Waals surface area contributed by atoms with E-state index in [2.05, 4.69) is 70.2 Å². The predicted octanol–water partition coefficient (Wildman–Crippen LogP) is 3.75. The van der Waals surface area contributed by atoms with E-state index in [4.69, 9.17) is 9.31 Å². The summed E-state index contributed by atoms with van der Waals surface area (Å²) in [6.07, 6.45) is 2.23. The second-order valence-electron chi connectivity index (χ2n) is 7.66. The van der Waals surface area contributed by atoms with Gasteiger partial charge < -0.3 is 9.31 Å². The van der Waals surface area contributed by atoms with Crippen LogP contribution in [0.1, 0.15) is 38.8 Å². The summed E-state index contributed by atoms with van der Waals surface area (Å²) in [5, 5.41) is 0. The molecular formula is C20H23BO2. The van der Waals surface area contributed by atoms with Crippen LogP contribution >= 0.6 is 0 Å². The Morgan fingerprint density at radius 1 is 0.783 bits per heavy atom. The van der Waals surface area contributed by atoms with Crippen LogP contribution in [-0.2, 0) is 22.2 Å². The number of benzene rings is 2. The molecule has 23 heavy (non-hydrogen) atoms. The molecule has 0 bridgehead atoms. The molecule has 0 saturated carbocycles. The van der Waals surface area contributed by atoms with Gasteiger partial charge in [0.1, 0.15) is 0 Å². The third-order valence-electron chi connectivity index (χ3n) is 5.63. The van der Waals surface area contributed by atoms with E-state index in [0.717, 1.165) is 18.3 Å². The van der Waals surface area contributed by atoms with Crippen molar-refractivity contribution in [2.75, 3.05) is 0 Å². The van der Waals surface area contributed by atoms with E-state index in [1.54, 1.807) is 0 Å². The number of hydrogen-bond donors (Lipinski definition) is 0. The Morgan fingerprint density at radius 2 is 1.39 bits per heavy atom. The normalized spacial score (nSPS) is 21.0. The number of fused-ring (bicyclic) bond motifs is 3. The van der Waals surface area contributed by atoms with Crippen LogP contribution in [0.25, 0.3) is 11.1 Å². The summed E-state index contributed by atoms with van der Waals surface area (Å²) in [7, 11) is -0.292. The zero-order chi connectivity index (χ0) is 16.2. The molecule has 0 atom stereocenters. The van der Waals surface area contributed by atoms with Crippen molar-refractivity contribution in [3.8, 4) is 11.1 Å². The molecule has 0 aromatic heterocycles. The average Bonchev–Trinajstić information content (AvgIpc) is 2.75. The van der Waals surface area contributed by atoms with Gasteiger partial charge in [-0.3, -0.25) is 0 Å². The SMILES string of the molecule is CC1(C)OB(c2ccc3c(c2)-c2ccccc2CC3)OC1(C)C. The average molecular weight is 306 g/mol. The fraction of sp³-hybridized carbons (Fsp3) is 0.400. The van der Waals surface area contributed by atoms with Gasteiger partial charge in [-0.2, -0.15) is 0 Å². The first kappa shape index (κ1) is 15.0. The van der Waals surface area contributed by atoms with Crippen molar-refractivity contribution in [3.63, 3.8) is 0 Å². The summed E-state index contributed by atoms with van der Waals surface area (Å²) in [5.41, 5.74) is 6.05. The topological polar surface area (TPSA) is 18.5 Å². The van der Waals surface area contributed by atoms with Gasteiger partial charge in [0.25, 0.3) is 0 Å². The largest absolute Gasteiger partial charge is 0.494 e. The smallest absolute Gasteiger partial charge is 0.399 e. The minimum atomic E-state index is -0.300. The fourth-order valence-electron chi connectivity index (χ4n) is 3.46. The van der Waals surface area contributed by atoms with Crippen LogP contribution in [0.15, 0.2) is 42.5 Å². The second-order valence-corrected chi connectivity index (χ2v) is 7.66. The molecule has 2 aromatic carbocycles. The van der Waals surface area contributed by atoms with E-state index in [-0.39, 0.29) is 18.3 Å². The molecule has 3 heteroatoms. The molecule has 2 nitrogen and oxygen atoms in total. The van der Waals surface area contributed by atoms with Crippen molar-refractivity contribution in [2.24, 2.45) is 0 Å². The van der Waals surface area contributed by atoms with Gasteiger partial charge in [-0.05, 0) is 68.3 Å². The molecule has 0 radical (unpaired) electrons. The Bertz CT molecular complexity index is 748. The van der Waals surface area contributed by atoms with Crippen LogP contribution in [-0.4, -0.2) is 18.3 Å². The molecule has 1 aliphatic carbocycles. The molecule has 118 valence electrons. The van der Waals surface area contributed by atoms with Crippen LogP contribution in [0.2, 0.25) is 0 Å². The molecule has 1 fully saturated rings. The van der Waals surface area contributed by atoms with E-state index >= 15 is 0 Å². The van der Waals surface area contributed by atoms with E-state index in [0.29, 0.717) is 0 Å². The zero-order valence-electron chi connectivity index (χ0n) is 14.3. The summed E-state index contributed by atoms with van der Waals surface area (Å²) < 4.78 is 12.4. The van der Waals surface area contributed by atoms with Crippen molar-refractivity contribution in [2.45, 2.75) is 51.7 Å². The Balaban J connectivity index is 1.75. The monoisotopic (exact) mass is 306 g/mol. The number of aryl methyl sites for hydroxylation is 2. The lowest BCUT2D eigenvalue weighted by Crippen LogP contribution is -2.41. The summed E-state index contributed by atoms with van der Waals surface area (Å²) in [6, 6.07) is 15.4. The van der Waals surface area contributed by atoms with Gasteiger partial charge in [0.2, 0.25) is 0 Å². The minimum Gasteiger partial charge on any atom is -0.399 e. The fourth-order valence-corrected chi connectivity index (χ4v) is 3.46. The lowest BCUT2D eigenvalue weighted by atomic mass is 9.75. The second kappa shape index (κ2) is 4.96. The summed E-state index contributed by atoms with van der Waals surface area (Å²) in [5.74, 6) is 0. The van der Waals surface area contributed by atoms with Crippen molar-refractivity contribution in [1.29, 1.82) is 0 Å².